The Hall–Kier alpha value is 0.550. The van der Waals surface area contributed by atoms with Gasteiger partial charge in [0.25, 0.3) is 0 Å². The van der Waals surface area contributed by atoms with Crippen LogP contribution in [0, 0.1) is 0 Å². The fourth-order valence-electron chi connectivity index (χ4n) is 0.0747. The van der Waals surface area contributed by atoms with E-state index in [1.165, 1.54) is 6.38 Å². The summed E-state index contributed by atoms with van der Waals surface area (Å²) < 4.78 is 22.3. The molecule has 2 unspecified atom stereocenters. The Balaban J connectivity index is -0.0000000564. The van der Waals surface area contributed by atoms with Crippen molar-refractivity contribution in [2.75, 3.05) is 6.38 Å². The summed E-state index contributed by atoms with van der Waals surface area (Å²) in [5, 5.41) is 0. The van der Waals surface area contributed by atoms with Crippen molar-refractivity contribution in [1.29, 1.82) is 0 Å². The molecule has 0 amide bonds. The standard InChI is InChI=1S/CH3Cl.2H3N.H4O5P2/c1-2;;;1-6(2)5-7(3)4/h1H3;2*1H3;6-7H,(H,1,2)(H,3,4). The molecule has 0 saturated carbocycles. The fourth-order valence-corrected chi connectivity index (χ4v) is 0.672. The summed E-state index contributed by atoms with van der Waals surface area (Å²) in [7, 11) is -6.40. The van der Waals surface area contributed by atoms with E-state index in [1.54, 1.807) is 0 Å². The summed E-state index contributed by atoms with van der Waals surface area (Å²) in [6.07, 6.45) is 1.47. The van der Waals surface area contributed by atoms with Crippen LogP contribution in [0.4, 0.5) is 0 Å². The molecular formula is CH13ClN2O5P2. The van der Waals surface area contributed by atoms with Gasteiger partial charge in [-0.25, -0.2) is 4.31 Å². The van der Waals surface area contributed by atoms with E-state index in [9.17, 15) is 9.13 Å². The molecule has 0 rings (SSSR count). The molecule has 0 aromatic rings. The summed E-state index contributed by atoms with van der Waals surface area (Å²) in [4.78, 5) is 15.4. The highest BCUT2D eigenvalue weighted by molar-refractivity contribution is 7.46. The zero-order valence-electron chi connectivity index (χ0n) is 5.91. The SMILES string of the molecule is CCl.N.N.O=[PH](O)O[PH](=O)O. The highest BCUT2D eigenvalue weighted by Crippen LogP contribution is 2.30. The quantitative estimate of drug-likeness (QED) is 0.406. The second-order valence-electron chi connectivity index (χ2n) is 0.634. The monoisotopic (exact) mass is 230 g/mol. The summed E-state index contributed by atoms with van der Waals surface area (Å²) in [5.41, 5.74) is 0. The van der Waals surface area contributed by atoms with Gasteiger partial charge < -0.3 is 22.1 Å². The van der Waals surface area contributed by atoms with Crippen molar-refractivity contribution in [3.63, 3.8) is 0 Å². The molecule has 7 nitrogen and oxygen atoms in total. The lowest BCUT2D eigenvalue weighted by Crippen LogP contribution is -1.58. The molecule has 0 aliphatic carbocycles. The molecule has 0 heterocycles. The molecule has 11 heavy (non-hydrogen) atoms. The first-order valence-electron chi connectivity index (χ1n) is 1.64. The molecule has 0 aliphatic rings. The first-order valence-corrected chi connectivity index (χ1v) is 4.93. The Morgan fingerprint density at radius 3 is 1.27 bits per heavy atom. The van der Waals surface area contributed by atoms with Crippen LogP contribution in [0.3, 0.4) is 0 Å². The van der Waals surface area contributed by atoms with Gasteiger partial charge in [-0.1, -0.05) is 0 Å². The van der Waals surface area contributed by atoms with Crippen LogP contribution in [0.5, 0.6) is 0 Å². The van der Waals surface area contributed by atoms with Gasteiger partial charge in [-0.3, -0.25) is 9.13 Å². The third-order valence-electron chi connectivity index (χ3n) is 0.175. The van der Waals surface area contributed by atoms with Crippen LogP contribution in [0.25, 0.3) is 0 Å². The normalized spacial score (nSPS) is 12.4. The van der Waals surface area contributed by atoms with Crippen LogP contribution in [0.2, 0.25) is 0 Å². The van der Waals surface area contributed by atoms with Gasteiger partial charge in [0.1, 0.15) is 0 Å². The molecular weight excluding hydrogens is 217 g/mol. The zero-order valence-corrected chi connectivity index (χ0v) is 8.67. The Bertz CT molecular complexity index is 98.7. The minimum Gasteiger partial charge on any atom is -0.344 e. The largest absolute Gasteiger partial charge is 0.344 e. The average Bonchev–Trinajstić information content (AvgIpc) is 1.68. The van der Waals surface area contributed by atoms with Gasteiger partial charge in [-0.05, 0) is 0 Å². The number of hydrogen-bond donors (Lipinski definition) is 4. The molecule has 0 saturated heterocycles. The minimum absolute atomic E-state index is 0. The Kier molecular flexibility index (Phi) is 34.6. The second-order valence-corrected chi connectivity index (χ2v) is 2.51. The van der Waals surface area contributed by atoms with Crippen LogP contribution in [0.15, 0.2) is 0 Å². The molecule has 0 radical (unpaired) electrons. The second kappa shape index (κ2) is 16.9. The lowest BCUT2D eigenvalue weighted by atomic mass is 12.0. The van der Waals surface area contributed by atoms with E-state index in [4.69, 9.17) is 9.79 Å². The molecule has 0 aromatic carbocycles. The number of rotatable bonds is 2. The fraction of sp³-hybridized carbons (Fsp3) is 1.00. The highest BCUT2D eigenvalue weighted by atomic mass is 35.5. The number of alkyl halides is 1. The van der Waals surface area contributed by atoms with E-state index in [0.717, 1.165) is 0 Å². The molecule has 0 fully saturated rings. The lowest BCUT2D eigenvalue weighted by Gasteiger charge is -1.86. The third-order valence-corrected chi connectivity index (χ3v) is 1.57. The van der Waals surface area contributed by atoms with Gasteiger partial charge >= 0.3 is 16.5 Å². The Morgan fingerprint density at radius 1 is 1.09 bits per heavy atom. The molecule has 0 spiro atoms. The predicted molar refractivity (Wildman–Crippen MR) is 45.3 cm³/mol. The first-order chi connectivity index (χ1) is 4.13. The molecule has 0 bridgehead atoms. The van der Waals surface area contributed by atoms with E-state index < -0.39 is 16.5 Å². The smallest absolute Gasteiger partial charge is 0.323 e. The number of hydrogen-bond acceptors (Lipinski definition) is 5. The van der Waals surface area contributed by atoms with Gasteiger partial charge in [0.05, 0.1) is 0 Å². The van der Waals surface area contributed by atoms with Crippen LogP contribution in [-0.2, 0) is 13.4 Å². The Morgan fingerprint density at radius 2 is 1.27 bits per heavy atom. The zero-order chi connectivity index (χ0) is 7.86. The molecule has 10 heteroatoms. The van der Waals surface area contributed by atoms with Crippen molar-refractivity contribution in [2.24, 2.45) is 0 Å². The summed E-state index contributed by atoms with van der Waals surface area (Å²) in [6, 6.07) is 0. The van der Waals surface area contributed by atoms with E-state index >= 15 is 0 Å². The van der Waals surface area contributed by atoms with Crippen LogP contribution in [-0.4, -0.2) is 16.2 Å². The summed E-state index contributed by atoms with van der Waals surface area (Å²) in [5.74, 6) is 0. The van der Waals surface area contributed by atoms with Crippen molar-refractivity contribution in [3.05, 3.63) is 0 Å². The van der Waals surface area contributed by atoms with Crippen molar-refractivity contribution in [3.8, 4) is 0 Å². The van der Waals surface area contributed by atoms with Crippen molar-refractivity contribution in [2.45, 2.75) is 0 Å². The predicted octanol–water partition coefficient (Wildman–Crippen LogP) is 0.946. The molecule has 0 aromatic heterocycles. The minimum atomic E-state index is -3.20. The van der Waals surface area contributed by atoms with Crippen molar-refractivity contribution >= 4 is 28.1 Å². The van der Waals surface area contributed by atoms with Crippen LogP contribution < -0.4 is 12.3 Å². The average molecular weight is 231 g/mol. The molecule has 0 aliphatic heterocycles. The van der Waals surface area contributed by atoms with E-state index in [2.05, 4.69) is 15.9 Å². The van der Waals surface area contributed by atoms with Crippen molar-refractivity contribution in [1.82, 2.24) is 12.3 Å². The first kappa shape index (κ1) is 22.6. The molecule has 74 valence electrons. The molecule has 8 N–H and O–H groups in total. The maximum absolute atomic E-state index is 9.44. The van der Waals surface area contributed by atoms with E-state index in [1.807, 2.05) is 0 Å². The van der Waals surface area contributed by atoms with Gasteiger partial charge in [0.2, 0.25) is 0 Å². The van der Waals surface area contributed by atoms with Crippen molar-refractivity contribution < 1.29 is 23.2 Å². The van der Waals surface area contributed by atoms with Gasteiger partial charge in [0, 0.05) is 6.38 Å². The maximum atomic E-state index is 9.44. The van der Waals surface area contributed by atoms with Crippen LogP contribution in [0.1, 0.15) is 0 Å². The lowest BCUT2D eigenvalue weighted by molar-refractivity contribution is 0.371. The van der Waals surface area contributed by atoms with Gasteiger partial charge in [-0.15, -0.1) is 11.6 Å². The van der Waals surface area contributed by atoms with Gasteiger partial charge in [0.15, 0.2) is 0 Å². The van der Waals surface area contributed by atoms with Crippen LogP contribution >= 0.6 is 28.1 Å². The topological polar surface area (TPSA) is 154 Å². The Labute approximate surface area is 70.8 Å². The van der Waals surface area contributed by atoms with E-state index in [-0.39, 0.29) is 12.3 Å². The summed E-state index contributed by atoms with van der Waals surface area (Å²) in [6.45, 7) is 0. The summed E-state index contributed by atoms with van der Waals surface area (Å²) >= 11 is 4.64. The molecule has 2 atom stereocenters. The number of halogens is 1. The van der Waals surface area contributed by atoms with Gasteiger partial charge in [-0.2, -0.15) is 0 Å². The van der Waals surface area contributed by atoms with E-state index in [0.29, 0.717) is 0 Å². The highest BCUT2D eigenvalue weighted by Gasteiger charge is 1.93. The third kappa shape index (κ3) is 37.3. The maximum Gasteiger partial charge on any atom is 0.323 e.